The molecule has 7 nitrogen and oxygen atoms in total. The minimum Gasteiger partial charge on any atom is -0.495 e. The highest BCUT2D eigenvalue weighted by atomic mass is 16.5. The number of hydrogen-bond donors (Lipinski definition) is 0. The molecule has 0 spiro atoms. The van der Waals surface area contributed by atoms with Crippen molar-refractivity contribution in [3.05, 3.63) is 54.1 Å². The first-order valence-electron chi connectivity index (χ1n) is 10.5. The molecule has 166 valence electrons. The van der Waals surface area contributed by atoms with Gasteiger partial charge in [0.25, 0.3) is 5.91 Å². The smallest absolute Gasteiger partial charge is 0.338 e. The minimum absolute atomic E-state index is 0.194. The van der Waals surface area contributed by atoms with E-state index in [0.29, 0.717) is 50.0 Å². The molecule has 7 heteroatoms. The molecule has 0 N–H and O–H groups in total. The Morgan fingerprint density at radius 1 is 1.00 bits per heavy atom. The zero-order valence-electron chi connectivity index (χ0n) is 18.4. The molecule has 1 saturated heterocycles. The number of methoxy groups -OCH3 is 1. The van der Waals surface area contributed by atoms with Crippen LogP contribution in [0.1, 0.15) is 24.2 Å². The van der Waals surface area contributed by atoms with E-state index in [4.69, 9.17) is 14.2 Å². The molecule has 0 aliphatic carbocycles. The molecule has 1 amide bonds. The van der Waals surface area contributed by atoms with E-state index in [9.17, 15) is 9.59 Å². The first-order valence-corrected chi connectivity index (χ1v) is 10.5. The number of benzene rings is 2. The third kappa shape index (κ3) is 6.13. The second-order valence-electron chi connectivity index (χ2n) is 7.85. The minimum atomic E-state index is -0.531. The first kappa shape index (κ1) is 22.5. The van der Waals surface area contributed by atoms with Gasteiger partial charge in [0.2, 0.25) is 0 Å². The molecule has 31 heavy (non-hydrogen) atoms. The molecule has 0 aromatic heterocycles. The van der Waals surface area contributed by atoms with E-state index in [0.717, 1.165) is 11.4 Å². The van der Waals surface area contributed by atoms with Crippen molar-refractivity contribution >= 4 is 17.6 Å². The second kappa shape index (κ2) is 10.7. The standard InChI is InChI=1S/C24H30N2O5/c1-18(2)16-30-20-8-6-7-19(15-20)24(28)31-17-23(27)26-13-11-25(12-14-26)21-9-4-5-10-22(21)29-3/h4-10,15,18H,11-14,16-17H2,1-3H3. The monoisotopic (exact) mass is 426 g/mol. The number of hydrogen-bond acceptors (Lipinski definition) is 6. The fraction of sp³-hybridized carbons (Fsp3) is 0.417. The van der Waals surface area contributed by atoms with Crippen LogP contribution in [0.25, 0.3) is 0 Å². The number of nitrogens with zero attached hydrogens (tertiary/aromatic N) is 2. The van der Waals surface area contributed by atoms with Gasteiger partial charge in [-0.05, 0) is 36.2 Å². The number of amides is 1. The number of esters is 1. The maximum absolute atomic E-state index is 12.5. The maximum Gasteiger partial charge on any atom is 0.338 e. The van der Waals surface area contributed by atoms with Crippen LogP contribution in [-0.4, -0.2) is 63.3 Å². The number of para-hydroxylation sites is 2. The van der Waals surface area contributed by atoms with Gasteiger partial charge in [-0.15, -0.1) is 0 Å². The Kier molecular flexibility index (Phi) is 7.76. The number of anilines is 1. The molecule has 0 unspecified atom stereocenters. The summed E-state index contributed by atoms with van der Waals surface area (Å²) >= 11 is 0. The van der Waals surface area contributed by atoms with Gasteiger partial charge in [0.1, 0.15) is 11.5 Å². The van der Waals surface area contributed by atoms with Gasteiger partial charge in [-0.1, -0.05) is 32.0 Å². The highest BCUT2D eigenvalue weighted by Gasteiger charge is 2.23. The van der Waals surface area contributed by atoms with E-state index < -0.39 is 5.97 Å². The van der Waals surface area contributed by atoms with Crippen molar-refractivity contribution in [3.8, 4) is 11.5 Å². The molecule has 0 bridgehead atoms. The van der Waals surface area contributed by atoms with Crippen LogP contribution in [0.3, 0.4) is 0 Å². The summed E-state index contributed by atoms with van der Waals surface area (Å²) in [5, 5.41) is 0. The van der Waals surface area contributed by atoms with E-state index >= 15 is 0 Å². The molecular formula is C24H30N2O5. The van der Waals surface area contributed by atoms with Crippen molar-refractivity contribution in [1.82, 2.24) is 4.90 Å². The van der Waals surface area contributed by atoms with Crippen molar-refractivity contribution in [1.29, 1.82) is 0 Å². The number of carbonyl (C=O) groups is 2. The molecule has 1 aliphatic rings. The van der Waals surface area contributed by atoms with Gasteiger partial charge in [-0.3, -0.25) is 4.79 Å². The van der Waals surface area contributed by atoms with Crippen molar-refractivity contribution in [3.63, 3.8) is 0 Å². The van der Waals surface area contributed by atoms with Gasteiger partial charge in [-0.25, -0.2) is 4.79 Å². The van der Waals surface area contributed by atoms with Crippen LogP contribution < -0.4 is 14.4 Å². The summed E-state index contributed by atoms with van der Waals surface area (Å²) in [5.41, 5.74) is 1.39. The van der Waals surface area contributed by atoms with Gasteiger partial charge in [0.15, 0.2) is 6.61 Å². The van der Waals surface area contributed by atoms with E-state index in [2.05, 4.69) is 18.7 Å². The summed E-state index contributed by atoms with van der Waals surface area (Å²) in [4.78, 5) is 28.8. The third-order valence-corrected chi connectivity index (χ3v) is 5.04. The van der Waals surface area contributed by atoms with Crippen molar-refractivity contribution in [2.45, 2.75) is 13.8 Å². The van der Waals surface area contributed by atoms with Gasteiger partial charge in [0.05, 0.1) is 25.0 Å². The lowest BCUT2D eigenvalue weighted by molar-refractivity contribution is -0.134. The number of rotatable bonds is 8. The average Bonchev–Trinajstić information content (AvgIpc) is 2.81. The summed E-state index contributed by atoms with van der Waals surface area (Å²) in [6, 6.07) is 14.7. The molecule has 0 radical (unpaired) electrons. The van der Waals surface area contributed by atoms with Crippen LogP contribution in [0, 0.1) is 5.92 Å². The van der Waals surface area contributed by atoms with E-state index in [1.807, 2.05) is 24.3 Å². The molecular weight excluding hydrogens is 396 g/mol. The topological polar surface area (TPSA) is 68.3 Å². The Hall–Kier alpha value is -3.22. The van der Waals surface area contributed by atoms with Gasteiger partial charge >= 0.3 is 5.97 Å². The molecule has 3 rings (SSSR count). The molecule has 1 heterocycles. The van der Waals surface area contributed by atoms with Crippen LogP contribution in [0.4, 0.5) is 5.69 Å². The Balaban J connectivity index is 1.48. The summed E-state index contributed by atoms with van der Waals surface area (Å²) in [7, 11) is 1.65. The van der Waals surface area contributed by atoms with Gasteiger partial charge in [-0.2, -0.15) is 0 Å². The third-order valence-electron chi connectivity index (χ3n) is 5.04. The SMILES string of the molecule is COc1ccccc1N1CCN(C(=O)COC(=O)c2cccc(OCC(C)C)c2)CC1. The Morgan fingerprint density at radius 2 is 1.74 bits per heavy atom. The number of carbonyl (C=O) groups excluding carboxylic acids is 2. The molecule has 2 aromatic rings. The summed E-state index contributed by atoms with van der Waals surface area (Å²) in [5.74, 6) is 1.09. The molecule has 2 aromatic carbocycles. The molecule has 0 saturated carbocycles. The van der Waals surface area contributed by atoms with Gasteiger partial charge in [0, 0.05) is 26.2 Å². The second-order valence-corrected chi connectivity index (χ2v) is 7.85. The lowest BCUT2D eigenvalue weighted by Gasteiger charge is -2.36. The highest BCUT2D eigenvalue weighted by Crippen LogP contribution is 2.28. The Morgan fingerprint density at radius 3 is 2.45 bits per heavy atom. The Bertz CT molecular complexity index is 891. The molecule has 1 aliphatic heterocycles. The van der Waals surface area contributed by atoms with Crippen LogP contribution >= 0.6 is 0 Å². The van der Waals surface area contributed by atoms with E-state index in [1.54, 1.807) is 36.3 Å². The lowest BCUT2D eigenvalue weighted by atomic mass is 10.2. The van der Waals surface area contributed by atoms with Gasteiger partial charge < -0.3 is 24.0 Å². The fourth-order valence-corrected chi connectivity index (χ4v) is 3.37. The van der Waals surface area contributed by atoms with Crippen molar-refractivity contribution in [2.75, 3.05) is 51.4 Å². The maximum atomic E-state index is 12.5. The van der Waals surface area contributed by atoms with Crippen molar-refractivity contribution < 1.29 is 23.8 Å². The largest absolute Gasteiger partial charge is 0.495 e. The fourth-order valence-electron chi connectivity index (χ4n) is 3.37. The van der Waals surface area contributed by atoms with Crippen LogP contribution in [0.2, 0.25) is 0 Å². The normalized spacial score (nSPS) is 13.8. The quantitative estimate of drug-likeness (QED) is 0.604. The number of ether oxygens (including phenoxy) is 3. The van der Waals surface area contributed by atoms with E-state index in [1.165, 1.54) is 0 Å². The lowest BCUT2D eigenvalue weighted by Crippen LogP contribution is -2.50. The first-order chi connectivity index (χ1) is 15.0. The predicted molar refractivity (Wildman–Crippen MR) is 119 cm³/mol. The highest BCUT2D eigenvalue weighted by molar-refractivity contribution is 5.91. The average molecular weight is 427 g/mol. The van der Waals surface area contributed by atoms with Crippen LogP contribution in [0.15, 0.2) is 48.5 Å². The Labute approximate surface area is 183 Å². The summed E-state index contributed by atoms with van der Waals surface area (Å²) < 4.78 is 16.3. The van der Waals surface area contributed by atoms with Crippen molar-refractivity contribution in [2.24, 2.45) is 5.92 Å². The zero-order valence-corrected chi connectivity index (χ0v) is 18.4. The molecule has 1 fully saturated rings. The number of piperazine rings is 1. The van der Waals surface area contributed by atoms with Crippen LogP contribution in [0.5, 0.6) is 11.5 Å². The predicted octanol–water partition coefficient (Wildman–Crippen LogP) is 3.24. The molecule has 0 atom stereocenters. The summed E-state index contributed by atoms with van der Waals surface area (Å²) in [6.07, 6.45) is 0. The van der Waals surface area contributed by atoms with E-state index in [-0.39, 0.29) is 12.5 Å². The summed E-state index contributed by atoms with van der Waals surface area (Å²) in [6.45, 7) is 6.91. The zero-order chi connectivity index (χ0) is 22.2. The van der Waals surface area contributed by atoms with Crippen LogP contribution in [-0.2, 0) is 9.53 Å².